The quantitative estimate of drug-likeness (QED) is 0.0389. The van der Waals surface area contributed by atoms with Crippen LogP contribution in [-0.4, -0.2) is 51.6 Å². The Balaban J connectivity index is 1.67. The van der Waals surface area contributed by atoms with E-state index in [0.29, 0.717) is 13.0 Å². The van der Waals surface area contributed by atoms with Crippen LogP contribution in [0.25, 0.3) is 0 Å². The average molecular weight is 596 g/mol. The van der Waals surface area contributed by atoms with Crippen molar-refractivity contribution in [2.45, 2.75) is 135 Å². The van der Waals surface area contributed by atoms with E-state index in [1.54, 1.807) is 0 Å². The SMILES string of the molecule is CC(C)(C)[Si](C)(C)OCCC(CCCCCCCCCCOC1CCCCO1)OC(=O)Oc1ccc([N+](=O)[O-])cc1. The van der Waals surface area contributed by atoms with Gasteiger partial charge in [0.1, 0.15) is 11.9 Å². The van der Waals surface area contributed by atoms with E-state index in [0.717, 1.165) is 58.2 Å². The van der Waals surface area contributed by atoms with Gasteiger partial charge in [-0.05, 0) is 68.8 Å². The molecule has 1 fully saturated rings. The zero-order valence-corrected chi connectivity index (χ0v) is 27.0. The summed E-state index contributed by atoms with van der Waals surface area (Å²) in [7, 11) is -1.90. The third-order valence-corrected chi connectivity index (χ3v) is 12.6. The monoisotopic (exact) mass is 595 g/mol. The van der Waals surface area contributed by atoms with Crippen LogP contribution in [0, 0.1) is 10.1 Å². The van der Waals surface area contributed by atoms with Crippen LogP contribution in [0.2, 0.25) is 18.1 Å². The van der Waals surface area contributed by atoms with E-state index in [-0.39, 0.29) is 28.9 Å². The van der Waals surface area contributed by atoms with Crippen molar-refractivity contribution in [3.05, 3.63) is 34.4 Å². The van der Waals surface area contributed by atoms with E-state index in [1.165, 1.54) is 56.4 Å². The van der Waals surface area contributed by atoms with Gasteiger partial charge in [-0.3, -0.25) is 10.1 Å². The van der Waals surface area contributed by atoms with Gasteiger partial charge in [-0.2, -0.15) is 0 Å². The molecule has 0 spiro atoms. The van der Waals surface area contributed by atoms with Gasteiger partial charge in [0.2, 0.25) is 0 Å². The summed E-state index contributed by atoms with van der Waals surface area (Å²) in [5.41, 5.74) is -0.0647. The molecule has 1 aromatic rings. The Hall–Kier alpha value is -2.01. The Kier molecular flexibility index (Phi) is 15.9. The van der Waals surface area contributed by atoms with Crippen LogP contribution in [0.1, 0.15) is 104 Å². The third kappa shape index (κ3) is 14.6. The molecule has 0 radical (unpaired) electrons. The van der Waals surface area contributed by atoms with Crippen molar-refractivity contribution in [1.29, 1.82) is 0 Å². The number of carbonyl (C=O) groups is 1. The normalized spacial score (nSPS) is 16.8. The zero-order valence-electron chi connectivity index (χ0n) is 26.0. The molecular weight excluding hydrogens is 542 g/mol. The summed E-state index contributed by atoms with van der Waals surface area (Å²) >= 11 is 0. The smallest absolute Gasteiger partial charge is 0.431 e. The molecule has 1 heterocycles. The highest BCUT2D eigenvalue weighted by Crippen LogP contribution is 2.36. The fourth-order valence-electron chi connectivity index (χ4n) is 4.41. The highest BCUT2D eigenvalue weighted by Gasteiger charge is 2.37. The summed E-state index contributed by atoms with van der Waals surface area (Å²) < 4.78 is 28.7. The lowest BCUT2D eigenvalue weighted by atomic mass is 10.0. The van der Waals surface area contributed by atoms with Crippen molar-refractivity contribution < 1.29 is 33.1 Å². The number of carbonyl (C=O) groups excluding carboxylic acids is 1. The number of nitro benzene ring substituents is 1. The first-order valence-electron chi connectivity index (χ1n) is 15.5. The van der Waals surface area contributed by atoms with Gasteiger partial charge < -0.3 is 23.4 Å². The first-order valence-corrected chi connectivity index (χ1v) is 18.4. The Bertz CT molecular complexity index is 881. The zero-order chi connectivity index (χ0) is 30.1. The fraction of sp³-hybridized carbons (Fsp3) is 0.774. The molecule has 1 aliphatic heterocycles. The first-order chi connectivity index (χ1) is 19.5. The number of rotatable bonds is 19. The summed E-state index contributed by atoms with van der Waals surface area (Å²) in [6.45, 7) is 13.2. The van der Waals surface area contributed by atoms with Crippen molar-refractivity contribution in [2.24, 2.45) is 0 Å². The second kappa shape index (κ2) is 18.5. The lowest BCUT2D eigenvalue weighted by molar-refractivity contribution is -0.384. The second-order valence-electron chi connectivity index (χ2n) is 12.5. The molecule has 0 saturated carbocycles. The molecule has 1 aliphatic rings. The summed E-state index contributed by atoms with van der Waals surface area (Å²) in [4.78, 5) is 22.9. The molecular formula is C31H53NO8Si. The number of nitrogens with zero attached hydrogens (tertiary/aromatic N) is 1. The van der Waals surface area contributed by atoms with Crippen molar-refractivity contribution in [3.63, 3.8) is 0 Å². The highest BCUT2D eigenvalue weighted by atomic mass is 28.4. The minimum atomic E-state index is -1.90. The van der Waals surface area contributed by atoms with Gasteiger partial charge in [0.15, 0.2) is 14.6 Å². The minimum Gasteiger partial charge on any atom is -0.431 e. The summed E-state index contributed by atoms with van der Waals surface area (Å²) in [6.07, 6.45) is 12.8. The average Bonchev–Trinajstić information content (AvgIpc) is 2.91. The molecule has 234 valence electrons. The molecule has 0 aliphatic carbocycles. The van der Waals surface area contributed by atoms with Crippen molar-refractivity contribution >= 4 is 20.2 Å². The molecule has 2 rings (SSSR count). The molecule has 41 heavy (non-hydrogen) atoms. The van der Waals surface area contributed by atoms with Crippen LogP contribution in [0.3, 0.4) is 0 Å². The number of nitro groups is 1. The fourth-order valence-corrected chi connectivity index (χ4v) is 5.47. The van der Waals surface area contributed by atoms with Gasteiger partial charge in [0, 0.05) is 38.4 Å². The number of benzene rings is 1. The summed E-state index contributed by atoms with van der Waals surface area (Å²) in [5.74, 6) is 0.214. The predicted molar refractivity (Wildman–Crippen MR) is 163 cm³/mol. The molecule has 1 aromatic carbocycles. The van der Waals surface area contributed by atoms with E-state index >= 15 is 0 Å². The van der Waals surface area contributed by atoms with Crippen LogP contribution in [0.15, 0.2) is 24.3 Å². The number of ether oxygens (including phenoxy) is 4. The molecule has 10 heteroatoms. The molecule has 1 saturated heterocycles. The van der Waals surface area contributed by atoms with Gasteiger partial charge in [-0.1, -0.05) is 59.3 Å². The number of non-ortho nitro benzene ring substituents is 1. The van der Waals surface area contributed by atoms with E-state index in [4.69, 9.17) is 23.4 Å². The van der Waals surface area contributed by atoms with Crippen LogP contribution in [-0.2, 0) is 18.6 Å². The van der Waals surface area contributed by atoms with Gasteiger partial charge in [-0.25, -0.2) is 4.79 Å². The molecule has 2 atom stereocenters. The second-order valence-corrected chi connectivity index (χ2v) is 17.3. The van der Waals surface area contributed by atoms with Crippen LogP contribution in [0.5, 0.6) is 5.75 Å². The molecule has 2 unspecified atom stereocenters. The summed E-state index contributed by atoms with van der Waals surface area (Å²) in [5, 5.41) is 11.0. The number of unbranched alkanes of at least 4 members (excludes halogenated alkanes) is 7. The maximum atomic E-state index is 12.5. The number of hydrogen-bond donors (Lipinski definition) is 0. The maximum Gasteiger partial charge on any atom is 0.514 e. The lowest BCUT2D eigenvalue weighted by Gasteiger charge is -2.36. The molecule has 0 bridgehead atoms. The largest absolute Gasteiger partial charge is 0.514 e. The van der Waals surface area contributed by atoms with Crippen LogP contribution >= 0.6 is 0 Å². The molecule has 0 N–H and O–H groups in total. The van der Waals surface area contributed by atoms with Crippen molar-refractivity contribution in [2.75, 3.05) is 19.8 Å². The summed E-state index contributed by atoms with van der Waals surface area (Å²) in [6, 6.07) is 5.39. The topological polar surface area (TPSA) is 106 Å². The van der Waals surface area contributed by atoms with E-state index in [2.05, 4.69) is 33.9 Å². The van der Waals surface area contributed by atoms with Gasteiger partial charge in [0.25, 0.3) is 5.69 Å². The van der Waals surface area contributed by atoms with Gasteiger partial charge in [0.05, 0.1) is 4.92 Å². The third-order valence-electron chi connectivity index (χ3n) is 8.08. The van der Waals surface area contributed by atoms with E-state index < -0.39 is 19.4 Å². The van der Waals surface area contributed by atoms with Crippen molar-refractivity contribution in [1.82, 2.24) is 0 Å². The highest BCUT2D eigenvalue weighted by molar-refractivity contribution is 6.74. The number of hydrogen-bond acceptors (Lipinski definition) is 8. The van der Waals surface area contributed by atoms with E-state index in [1.807, 2.05) is 0 Å². The Morgan fingerprint density at radius 3 is 2.20 bits per heavy atom. The van der Waals surface area contributed by atoms with Crippen LogP contribution < -0.4 is 4.74 Å². The van der Waals surface area contributed by atoms with Crippen molar-refractivity contribution in [3.8, 4) is 5.75 Å². The standard InChI is InChI=1S/C31H53NO8Si/c1-31(2,3)41(4,5)38-25-22-27(39-30(33)40-28-20-18-26(19-21-28)32(34)35)16-12-10-8-6-7-9-11-14-23-36-29-17-13-15-24-37-29/h18-21,27,29H,6-17,22-25H2,1-5H3. The van der Waals surface area contributed by atoms with E-state index in [9.17, 15) is 14.9 Å². The van der Waals surface area contributed by atoms with Gasteiger partial charge >= 0.3 is 6.16 Å². The Morgan fingerprint density at radius 2 is 1.61 bits per heavy atom. The molecule has 0 aromatic heterocycles. The minimum absolute atomic E-state index is 0.0133. The maximum absolute atomic E-state index is 12.5. The predicted octanol–water partition coefficient (Wildman–Crippen LogP) is 8.94. The Morgan fingerprint density at radius 1 is 0.976 bits per heavy atom. The lowest BCUT2D eigenvalue weighted by Crippen LogP contribution is -2.41. The molecule has 0 amide bonds. The Labute approximate surface area is 247 Å². The van der Waals surface area contributed by atoms with Gasteiger partial charge in [-0.15, -0.1) is 0 Å². The van der Waals surface area contributed by atoms with Crippen LogP contribution in [0.4, 0.5) is 10.5 Å². The molecule has 9 nitrogen and oxygen atoms in total. The first kappa shape index (κ1) is 35.2.